The predicted octanol–water partition coefficient (Wildman–Crippen LogP) is 12.3. The first-order valence-electron chi connectivity index (χ1n) is 26.7. The minimum absolute atomic E-state index is 0.134. The zero-order valence-electron chi connectivity index (χ0n) is 40.2. The molecule has 1 rings (SSSR count). The molecule has 0 saturated carbocycles. The van der Waals surface area contributed by atoms with Crippen molar-refractivity contribution in [2.75, 3.05) is 13.2 Å². The van der Waals surface area contributed by atoms with Gasteiger partial charge in [0.2, 0.25) is 5.91 Å². The summed E-state index contributed by atoms with van der Waals surface area (Å²) in [5.74, 6) is -0.144. The molecule has 0 aromatic carbocycles. The quantitative estimate of drug-likeness (QED) is 0.0331. The van der Waals surface area contributed by atoms with E-state index >= 15 is 0 Å². The van der Waals surface area contributed by atoms with E-state index in [1.165, 1.54) is 205 Å². The molecule has 1 aliphatic rings. The summed E-state index contributed by atoms with van der Waals surface area (Å²) in [6.07, 6.45) is 43.4. The average molecular weight is 870 g/mol. The molecule has 9 nitrogen and oxygen atoms in total. The molecule has 1 amide bonds. The Hall–Kier alpha value is -0.810. The Morgan fingerprint density at radius 1 is 0.492 bits per heavy atom. The number of aliphatic hydroxyl groups is 5. The highest BCUT2D eigenvalue weighted by atomic mass is 16.7. The standard InChI is InChI=1S/C52H103NO8/c1-3-5-7-9-11-12-13-14-15-16-17-18-19-20-21-22-23-24-25-26-27-28-29-30-31-32-33-34-35-36-38-40-42-48(56)53-45(46(55)41-39-37-10-8-6-4-2)44-60-52-51(59)50(58)49(57)47(43-54)61-52/h45-47,49-52,54-55,57-59H,3-44H2,1-2H3,(H,53,56). The largest absolute Gasteiger partial charge is 0.394 e. The Morgan fingerprint density at radius 2 is 0.820 bits per heavy atom. The van der Waals surface area contributed by atoms with Gasteiger partial charge in [-0.15, -0.1) is 0 Å². The number of rotatable bonds is 46. The summed E-state index contributed by atoms with van der Waals surface area (Å²) in [4.78, 5) is 12.9. The van der Waals surface area contributed by atoms with E-state index in [2.05, 4.69) is 19.2 Å². The van der Waals surface area contributed by atoms with Gasteiger partial charge in [0.05, 0.1) is 25.4 Å². The molecule has 1 saturated heterocycles. The number of carbonyl (C=O) groups excluding carboxylic acids is 1. The summed E-state index contributed by atoms with van der Waals surface area (Å²) in [5, 5.41) is 54.1. The molecule has 0 spiro atoms. The summed E-state index contributed by atoms with van der Waals surface area (Å²) in [7, 11) is 0. The minimum atomic E-state index is -1.55. The van der Waals surface area contributed by atoms with Crippen LogP contribution in [0.5, 0.6) is 0 Å². The molecule has 7 unspecified atom stereocenters. The molecule has 0 aliphatic carbocycles. The molecule has 9 heteroatoms. The van der Waals surface area contributed by atoms with Crippen molar-refractivity contribution in [3.63, 3.8) is 0 Å². The van der Waals surface area contributed by atoms with Crippen molar-refractivity contribution >= 4 is 5.91 Å². The van der Waals surface area contributed by atoms with E-state index in [4.69, 9.17) is 9.47 Å². The fourth-order valence-electron chi connectivity index (χ4n) is 8.93. The number of nitrogens with one attached hydrogen (secondary N) is 1. The Bertz CT molecular complexity index is 924. The second-order valence-electron chi connectivity index (χ2n) is 19.0. The van der Waals surface area contributed by atoms with Crippen molar-refractivity contribution in [3.05, 3.63) is 0 Å². The van der Waals surface area contributed by atoms with E-state index in [9.17, 15) is 30.3 Å². The highest BCUT2D eigenvalue weighted by molar-refractivity contribution is 5.76. The molecule has 7 atom stereocenters. The summed E-state index contributed by atoms with van der Waals surface area (Å²) in [6, 6.07) is -0.709. The molecular weight excluding hydrogens is 767 g/mol. The van der Waals surface area contributed by atoms with Gasteiger partial charge in [-0.2, -0.15) is 0 Å². The van der Waals surface area contributed by atoms with E-state index in [1.807, 2.05) is 0 Å². The van der Waals surface area contributed by atoms with Gasteiger partial charge < -0.3 is 40.3 Å². The highest BCUT2D eigenvalue weighted by Crippen LogP contribution is 2.23. The summed E-state index contributed by atoms with van der Waals surface area (Å²) in [6.45, 7) is 3.79. The third-order valence-corrected chi connectivity index (χ3v) is 13.2. The fraction of sp³-hybridized carbons (Fsp3) is 0.981. The maximum absolute atomic E-state index is 12.9. The van der Waals surface area contributed by atoms with Gasteiger partial charge in [-0.25, -0.2) is 0 Å². The number of aliphatic hydroxyl groups excluding tert-OH is 5. The topological polar surface area (TPSA) is 149 Å². The lowest BCUT2D eigenvalue weighted by Gasteiger charge is -2.40. The van der Waals surface area contributed by atoms with E-state index < -0.39 is 49.5 Å². The monoisotopic (exact) mass is 870 g/mol. The summed E-state index contributed by atoms with van der Waals surface area (Å²) in [5.41, 5.74) is 0. The molecule has 1 fully saturated rings. The van der Waals surface area contributed by atoms with Gasteiger partial charge in [-0.1, -0.05) is 251 Å². The van der Waals surface area contributed by atoms with Crippen LogP contribution in [0.3, 0.4) is 0 Å². The molecule has 0 bridgehead atoms. The molecule has 0 radical (unpaired) electrons. The van der Waals surface area contributed by atoms with Gasteiger partial charge >= 0.3 is 0 Å². The number of amides is 1. The normalized spacial score (nSPS) is 20.3. The third kappa shape index (κ3) is 33.3. The average Bonchev–Trinajstić information content (AvgIpc) is 3.26. The first-order chi connectivity index (χ1) is 29.8. The number of carbonyl (C=O) groups is 1. The molecule has 1 heterocycles. The number of ether oxygens (including phenoxy) is 2. The van der Waals surface area contributed by atoms with Crippen molar-refractivity contribution in [2.45, 2.75) is 314 Å². The van der Waals surface area contributed by atoms with Gasteiger partial charge in [-0.05, 0) is 12.8 Å². The lowest BCUT2D eigenvalue weighted by Crippen LogP contribution is -2.60. The maximum Gasteiger partial charge on any atom is 0.220 e. The fourth-order valence-corrected chi connectivity index (χ4v) is 8.93. The van der Waals surface area contributed by atoms with Crippen LogP contribution >= 0.6 is 0 Å². The molecule has 0 aromatic rings. The van der Waals surface area contributed by atoms with Crippen LogP contribution in [0.4, 0.5) is 0 Å². The van der Waals surface area contributed by atoms with Crippen molar-refractivity contribution in [1.82, 2.24) is 5.32 Å². The molecule has 61 heavy (non-hydrogen) atoms. The lowest BCUT2D eigenvalue weighted by atomic mass is 9.99. The SMILES string of the molecule is CCCCCCCCCCCCCCCCCCCCCCCCCCCCCCCCCCC(=O)NC(COC1OC(CO)C(O)C(O)C1O)C(O)CCCCCCCC. The lowest BCUT2D eigenvalue weighted by molar-refractivity contribution is -0.302. The van der Waals surface area contributed by atoms with Crippen molar-refractivity contribution < 1.29 is 39.8 Å². The third-order valence-electron chi connectivity index (χ3n) is 13.2. The van der Waals surface area contributed by atoms with Crippen LogP contribution in [0.15, 0.2) is 0 Å². The predicted molar refractivity (Wildman–Crippen MR) is 254 cm³/mol. The van der Waals surface area contributed by atoms with Crippen LogP contribution in [-0.2, 0) is 14.3 Å². The Morgan fingerprint density at radius 3 is 1.16 bits per heavy atom. The van der Waals surface area contributed by atoms with E-state index in [-0.39, 0.29) is 12.5 Å². The second-order valence-corrected chi connectivity index (χ2v) is 19.0. The number of hydrogen-bond acceptors (Lipinski definition) is 8. The second kappa shape index (κ2) is 43.1. The molecule has 364 valence electrons. The molecule has 0 aromatic heterocycles. The number of hydrogen-bond donors (Lipinski definition) is 6. The van der Waals surface area contributed by atoms with Gasteiger partial charge in [-0.3, -0.25) is 4.79 Å². The van der Waals surface area contributed by atoms with Gasteiger partial charge in [0.25, 0.3) is 0 Å². The smallest absolute Gasteiger partial charge is 0.220 e. The highest BCUT2D eigenvalue weighted by Gasteiger charge is 2.44. The van der Waals surface area contributed by atoms with Crippen molar-refractivity contribution in [2.24, 2.45) is 0 Å². The zero-order chi connectivity index (χ0) is 44.4. The Kier molecular flexibility index (Phi) is 41.1. The van der Waals surface area contributed by atoms with Gasteiger partial charge in [0.15, 0.2) is 6.29 Å². The van der Waals surface area contributed by atoms with Crippen LogP contribution in [0.2, 0.25) is 0 Å². The first-order valence-corrected chi connectivity index (χ1v) is 26.7. The maximum atomic E-state index is 12.9. The zero-order valence-corrected chi connectivity index (χ0v) is 40.2. The van der Waals surface area contributed by atoms with E-state index in [0.717, 1.165) is 38.5 Å². The van der Waals surface area contributed by atoms with Gasteiger partial charge in [0.1, 0.15) is 24.4 Å². The van der Waals surface area contributed by atoms with Crippen LogP contribution < -0.4 is 5.32 Å². The van der Waals surface area contributed by atoms with Crippen LogP contribution in [0, 0.1) is 0 Å². The van der Waals surface area contributed by atoms with E-state index in [0.29, 0.717) is 12.8 Å². The number of unbranched alkanes of at least 4 members (excludes halogenated alkanes) is 36. The summed E-state index contributed by atoms with van der Waals surface area (Å²) >= 11 is 0. The Labute approximate surface area is 376 Å². The first kappa shape index (κ1) is 58.2. The minimum Gasteiger partial charge on any atom is -0.394 e. The van der Waals surface area contributed by atoms with Crippen LogP contribution in [0.1, 0.15) is 271 Å². The van der Waals surface area contributed by atoms with Gasteiger partial charge in [0, 0.05) is 6.42 Å². The molecule has 6 N–H and O–H groups in total. The van der Waals surface area contributed by atoms with E-state index in [1.54, 1.807) is 0 Å². The summed E-state index contributed by atoms with van der Waals surface area (Å²) < 4.78 is 11.2. The van der Waals surface area contributed by atoms with Crippen molar-refractivity contribution in [1.29, 1.82) is 0 Å². The molecule has 1 aliphatic heterocycles. The van der Waals surface area contributed by atoms with Crippen molar-refractivity contribution in [3.8, 4) is 0 Å². The Balaban J connectivity index is 1.99. The van der Waals surface area contributed by atoms with Crippen LogP contribution in [0.25, 0.3) is 0 Å². The molecular formula is C52H103NO8. The van der Waals surface area contributed by atoms with Crippen LogP contribution in [-0.4, -0.2) is 87.5 Å².